The Morgan fingerprint density at radius 1 is 0.760 bits per heavy atom. The number of rotatable bonds is 4. The summed E-state index contributed by atoms with van der Waals surface area (Å²) in [5, 5.41) is 0. The minimum absolute atomic E-state index is 0.0146. The van der Waals surface area contributed by atoms with Crippen LogP contribution in [0.3, 0.4) is 0 Å². The van der Waals surface area contributed by atoms with E-state index in [0.717, 1.165) is 24.3 Å². The Kier molecular flexibility index (Phi) is 5.56. The lowest BCUT2D eigenvalue weighted by molar-refractivity contribution is 0.407. The number of halogens is 4. The van der Waals surface area contributed by atoms with E-state index in [-0.39, 0.29) is 17.2 Å². The number of aryl methyl sites for hydroxylation is 1. The van der Waals surface area contributed by atoms with Crippen LogP contribution < -0.4 is 4.74 Å². The fourth-order valence-electron chi connectivity index (χ4n) is 2.06. The smallest absolute Gasteiger partial charge is 0.155 e. The largest absolute Gasteiger partial charge is 0.497 e. The summed E-state index contributed by atoms with van der Waals surface area (Å²) in [7, 11) is 1.28. The highest BCUT2D eigenvalue weighted by molar-refractivity contribution is 6.41. The van der Waals surface area contributed by atoms with Crippen LogP contribution >= 0.6 is 0 Å². The van der Waals surface area contributed by atoms with Gasteiger partial charge in [-0.25, -0.2) is 27.5 Å². The second-order valence-corrected chi connectivity index (χ2v) is 5.41. The number of hydrogen-bond donors (Lipinski definition) is 0. The third-order valence-corrected chi connectivity index (χ3v) is 3.47. The molecule has 0 bridgehead atoms. The van der Waals surface area contributed by atoms with Gasteiger partial charge in [0.05, 0.1) is 18.5 Å². The van der Waals surface area contributed by atoms with Gasteiger partial charge in [0.25, 0.3) is 0 Å². The van der Waals surface area contributed by atoms with Gasteiger partial charge < -0.3 is 4.74 Å². The van der Waals surface area contributed by atoms with E-state index in [1.54, 1.807) is 6.92 Å². The van der Waals surface area contributed by atoms with E-state index in [0.29, 0.717) is 5.56 Å². The van der Waals surface area contributed by atoms with Crippen LogP contribution in [0.2, 0.25) is 0 Å². The molecule has 0 saturated carbocycles. The maximum atomic E-state index is 13.9. The maximum absolute atomic E-state index is 13.9. The lowest BCUT2D eigenvalue weighted by Gasteiger charge is -2.07. The minimum Gasteiger partial charge on any atom is -0.497 e. The van der Waals surface area contributed by atoms with Crippen molar-refractivity contribution < 1.29 is 22.3 Å². The van der Waals surface area contributed by atoms with Crippen LogP contribution in [0, 0.1) is 30.2 Å². The van der Waals surface area contributed by atoms with Crippen molar-refractivity contribution in [3.8, 4) is 5.75 Å². The Morgan fingerprint density at radius 3 is 1.48 bits per heavy atom. The van der Waals surface area contributed by atoms with Crippen molar-refractivity contribution in [2.24, 2.45) is 9.98 Å². The van der Waals surface area contributed by atoms with E-state index in [2.05, 4.69) is 9.98 Å². The molecule has 3 nitrogen and oxygen atoms in total. The number of benzene rings is 2. The molecule has 2 rings (SSSR count). The first-order chi connectivity index (χ1) is 11.7. The highest BCUT2D eigenvalue weighted by atomic mass is 19.1. The topological polar surface area (TPSA) is 34.0 Å². The van der Waals surface area contributed by atoms with Crippen LogP contribution in [0.25, 0.3) is 0 Å². The molecule has 2 aromatic rings. The van der Waals surface area contributed by atoms with Crippen LogP contribution in [0.4, 0.5) is 28.9 Å². The van der Waals surface area contributed by atoms with E-state index in [9.17, 15) is 17.6 Å². The highest BCUT2D eigenvalue weighted by Crippen LogP contribution is 2.28. The van der Waals surface area contributed by atoms with Crippen molar-refractivity contribution in [2.75, 3.05) is 7.11 Å². The van der Waals surface area contributed by atoms with Crippen LogP contribution in [0.5, 0.6) is 5.75 Å². The number of methoxy groups -OCH3 is 1. The molecule has 0 aliphatic heterocycles. The van der Waals surface area contributed by atoms with Gasteiger partial charge >= 0.3 is 0 Å². The molecule has 2 aromatic carbocycles. The van der Waals surface area contributed by atoms with Crippen molar-refractivity contribution in [1.29, 1.82) is 0 Å². The molecular weight excluding hydrogens is 336 g/mol. The molecule has 0 aliphatic rings. The molecule has 0 heterocycles. The summed E-state index contributed by atoms with van der Waals surface area (Å²) in [6, 6.07) is 4.26. The Hall–Kier alpha value is -2.70. The standard InChI is InChI=1S/C18H16F4N2O/c1-9-5-13(19)17(14(20)6-9)23-10(2)11(3)24-18-15(21)7-12(25-4)8-16(18)22/h5-8H,1-4H3. The van der Waals surface area contributed by atoms with Crippen LogP contribution in [0.15, 0.2) is 34.3 Å². The molecule has 0 aromatic heterocycles. The summed E-state index contributed by atoms with van der Waals surface area (Å²) < 4.78 is 60.3. The molecule has 0 N–H and O–H groups in total. The summed E-state index contributed by atoms with van der Waals surface area (Å²) >= 11 is 0. The molecule has 0 radical (unpaired) electrons. The van der Waals surface area contributed by atoms with Crippen LogP contribution in [-0.2, 0) is 0 Å². The zero-order valence-corrected chi connectivity index (χ0v) is 14.1. The van der Waals surface area contributed by atoms with Crippen LogP contribution in [-0.4, -0.2) is 18.5 Å². The van der Waals surface area contributed by atoms with Crippen LogP contribution in [0.1, 0.15) is 19.4 Å². The first kappa shape index (κ1) is 18.6. The maximum Gasteiger partial charge on any atom is 0.155 e. The third kappa shape index (κ3) is 4.23. The summed E-state index contributed by atoms with van der Waals surface area (Å²) in [5.41, 5.74) is -0.357. The van der Waals surface area contributed by atoms with Gasteiger partial charge in [0.1, 0.15) is 17.1 Å². The van der Waals surface area contributed by atoms with Crippen molar-refractivity contribution in [1.82, 2.24) is 0 Å². The Balaban J connectivity index is 2.44. The average Bonchev–Trinajstić information content (AvgIpc) is 2.53. The zero-order chi connectivity index (χ0) is 18.7. The van der Waals surface area contributed by atoms with Gasteiger partial charge in [0, 0.05) is 12.1 Å². The molecule has 0 saturated heterocycles. The highest BCUT2D eigenvalue weighted by Gasteiger charge is 2.13. The third-order valence-electron chi connectivity index (χ3n) is 3.47. The molecule has 0 aliphatic carbocycles. The second kappa shape index (κ2) is 7.46. The molecular formula is C18H16F4N2O. The lowest BCUT2D eigenvalue weighted by Crippen LogP contribution is -2.06. The molecule has 0 fully saturated rings. The van der Waals surface area contributed by atoms with E-state index in [1.807, 2.05) is 0 Å². The molecule has 0 atom stereocenters. The van der Waals surface area contributed by atoms with Gasteiger partial charge in [-0.1, -0.05) is 0 Å². The Morgan fingerprint density at radius 2 is 1.12 bits per heavy atom. The molecule has 0 spiro atoms. The second-order valence-electron chi connectivity index (χ2n) is 5.41. The number of hydrogen-bond acceptors (Lipinski definition) is 3. The number of aliphatic imine (C=N–C) groups is 2. The van der Waals surface area contributed by atoms with Gasteiger partial charge in [-0.05, 0) is 38.5 Å². The van der Waals surface area contributed by atoms with E-state index >= 15 is 0 Å². The fourth-order valence-corrected chi connectivity index (χ4v) is 2.06. The van der Waals surface area contributed by atoms with Gasteiger partial charge in [0.15, 0.2) is 23.3 Å². The van der Waals surface area contributed by atoms with Crippen molar-refractivity contribution in [3.63, 3.8) is 0 Å². The fraction of sp³-hybridized carbons (Fsp3) is 0.222. The first-order valence-electron chi connectivity index (χ1n) is 7.32. The first-order valence-corrected chi connectivity index (χ1v) is 7.32. The minimum atomic E-state index is -0.920. The average molecular weight is 352 g/mol. The van der Waals surface area contributed by atoms with Crippen molar-refractivity contribution >= 4 is 22.8 Å². The zero-order valence-electron chi connectivity index (χ0n) is 14.1. The monoisotopic (exact) mass is 352 g/mol. The van der Waals surface area contributed by atoms with E-state index in [4.69, 9.17) is 4.74 Å². The Bertz CT molecular complexity index is 829. The quantitative estimate of drug-likeness (QED) is 0.532. The van der Waals surface area contributed by atoms with Gasteiger partial charge in [0.2, 0.25) is 0 Å². The summed E-state index contributed by atoms with van der Waals surface area (Å²) in [6.45, 7) is 4.43. The molecule has 0 unspecified atom stereocenters. The molecule has 7 heteroatoms. The summed E-state index contributed by atoms with van der Waals surface area (Å²) in [4.78, 5) is 7.70. The van der Waals surface area contributed by atoms with E-state index < -0.39 is 34.6 Å². The number of ether oxygens (including phenoxy) is 1. The number of nitrogens with zero attached hydrogens (tertiary/aromatic N) is 2. The molecule has 0 amide bonds. The van der Waals surface area contributed by atoms with E-state index in [1.165, 1.54) is 21.0 Å². The SMILES string of the molecule is COc1cc(F)c(N=C(C)C(C)=Nc2c(F)cc(C)cc2F)c(F)c1. The van der Waals surface area contributed by atoms with Crippen molar-refractivity contribution in [2.45, 2.75) is 20.8 Å². The predicted octanol–water partition coefficient (Wildman–Crippen LogP) is 5.45. The predicted molar refractivity (Wildman–Crippen MR) is 89.5 cm³/mol. The molecule has 132 valence electrons. The van der Waals surface area contributed by atoms with Gasteiger partial charge in [-0.2, -0.15) is 0 Å². The summed E-state index contributed by atoms with van der Waals surface area (Å²) in [6.07, 6.45) is 0. The van der Waals surface area contributed by atoms with Gasteiger partial charge in [-0.15, -0.1) is 0 Å². The van der Waals surface area contributed by atoms with Gasteiger partial charge in [-0.3, -0.25) is 0 Å². The summed E-state index contributed by atoms with van der Waals surface area (Å²) in [5.74, 6) is -3.48. The lowest BCUT2D eigenvalue weighted by atomic mass is 10.2. The molecule has 25 heavy (non-hydrogen) atoms. The Labute approximate surface area is 142 Å². The normalized spacial score (nSPS) is 12.5. The van der Waals surface area contributed by atoms with Crippen molar-refractivity contribution in [3.05, 3.63) is 53.1 Å².